The van der Waals surface area contributed by atoms with Crippen molar-refractivity contribution in [3.05, 3.63) is 75.5 Å². The van der Waals surface area contributed by atoms with E-state index in [2.05, 4.69) is 88.3 Å². The van der Waals surface area contributed by atoms with E-state index in [0.717, 1.165) is 12.1 Å². The zero-order valence-corrected chi connectivity index (χ0v) is 14.0. The van der Waals surface area contributed by atoms with Gasteiger partial charge in [-0.15, -0.1) is 0 Å². The summed E-state index contributed by atoms with van der Waals surface area (Å²) in [5.74, 6) is 0. The van der Waals surface area contributed by atoms with Gasteiger partial charge in [0.2, 0.25) is 0 Å². The molecule has 0 aliphatic rings. The van der Waals surface area contributed by atoms with E-state index < -0.39 is 0 Å². The van der Waals surface area contributed by atoms with Gasteiger partial charge in [0.15, 0.2) is 0 Å². The topological polar surface area (TPSA) is 24.9 Å². The minimum Gasteiger partial charge on any atom is -0.307 e. The minimum atomic E-state index is 0.194. The third-order valence-electron chi connectivity index (χ3n) is 3.60. The van der Waals surface area contributed by atoms with E-state index in [0.29, 0.717) is 0 Å². The lowest BCUT2D eigenvalue weighted by atomic mass is 9.95. The van der Waals surface area contributed by atoms with E-state index in [9.17, 15) is 0 Å². The smallest absolute Gasteiger partial charge is 0.0705 e. The van der Waals surface area contributed by atoms with Crippen LogP contribution in [0.25, 0.3) is 10.9 Å². The van der Waals surface area contributed by atoms with Gasteiger partial charge in [-0.2, -0.15) is 0 Å². The summed E-state index contributed by atoms with van der Waals surface area (Å²) in [4.78, 5) is 4.46. The van der Waals surface area contributed by atoms with E-state index in [-0.39, 0.29) is 6.04 Å². The second-order valence-electron chi connectivity index (χ2n) is 4.96. The fraction of sp³-hybridized carbons (Fsp3) is 0.167. The van der Waals surface area contributed by atoms with E-state index >= 15 is 0 Å². The monoisotopic (exact) mass is 388 g/mol. The fourth-order valence-corrected chi connectivity index (χ4v) is 3.01. The summed E-state index contributed by atoms with van der Waals surface area (Å²) in [6.07, 6.45) is 1.85. The molecule has 0 aliphatic heterocycles. The highest BCUT2D eigenvalue weighted by Crippen LogP contribution is 2.28. The van der Waals surface area contributed by atoms with Crippen LogP contribution in [0.15, 0.2) is 60.8 Å². The number of pyridine rings is 1. The lowest BCUT2D eigenvalue weighted by molar-refractivity contribution is 0.634. The molecule has 0 amide bonds. The Kier molecular flexibility index (Phi) is 4.51. The van der Waals surface area contributed by atoms with Crippen LogP contribution in [0.4, 0.5) is 0 Å². The molecule has 0 radical (unpaired) electrons. The van der Waals surface area contributed by atoms with Crippen molar-refractivity contribution in [3.63, 3.8) is 0 Å². The molecule has 0 saturated carbocycles. The van der Waals surface area contributed by atoms with Gasteiger partial charge in [-0.25, -0.2) is 0 Å². The Balaban J connectivity index is 2.13. The SMILES string of the molecule is CCNC(c1ccc(I)cc1)c1cccc2ncccc12. The molecule has 2 aromatic carbocycles. The van der Waals surface area contributed by atoms with Gasteiger partial charge in [0.05, 0.1) is 11.6 Å². The Bertz CT molecular complexity index is 732. The highest BCUT2D eigenvalue weighted by molar-refractivity contribution is 14.1. The van der Waals surface area contributed by atoms with Crippen LogP contribution in [0, 0.1) is 3.57 Å². The van der Waals surface area contributed by atoms with Gasteiger partial charge in [-0.3, -0.25) is 4.98 Å². The summed E-state index contributed by atoms with van der Waals surface area (Å²) >= 11 is 2.34. The molecule has 1 unspecified atom stereocenters. The van der Waals surface area contributed by atoms with Crippen molar-refractivity contribution < 1.29 is 0 Å². The van der Waals surface area contributed by atoms with Crippen LogP contribution < -0.4 is 5.32 Å². The van der Waals surface area contributed by atoms with Crippen LogP contribution in [0.5, 0.6) is 0 Å². The second-order valence-corrected chi connectivity index (χ2v) is 6.21. The molecule has 3 aromatic rings. The van der Waals surface area contributed by atoms with Gasteiger partial charge in [0.1, 0.15) is 0 Å². The Labute approximate surface area is 138 Å². The molecular formula is C18H17IN2. The molecule has 0 spiro atoms. The third-order valence-corrected chi connectivity index (χ3v) is 4.32. The van der Waals surface area contributed by atoms with Crippen LogP contribution in [0.2, 0.25) is 0 Å². The van der Waals surface area contributed by atoms with E-state index in [1.165, 1.54) is 20.1 Å². The standard InChI is InChI=1S/C18H17IN2/c1-2-20-18(13-8-10-14(19)11-9-13)16-5-3-7-17-15(16)6-4-12-21-17/h3-12,18,20H,2H2,1H3. The predicted molar refractivity (Wildman–Crippen MR) is 96.4 cm³/mol. The number of rotatable bonds is 4. The Morgan fingerprint density at radius 2 is 1.86 bits per heavy atom. The van der Waals surface area contributed by atoms with E-state index in [4.69, 9.17) is 0 Å². The minimum absolute atomic E-state index is 0.194. The first kappa shape index (κ1) is 14.5. The predicted octanol–water partition coefficient (Wildman–Crippen LogP) is 4.54. The van der Waals surface area contributed by atoms with E-state index in [1.54, 1.807) is 0 Å². The number of nitrogens with zero attached hydrogens (tertiary/aromatic N) is 1. The first-order chi connectivity index (χ1) is 10.3. The van der Waals surface area contributed by atoms with Crippen molar-refractivity contribution in [2.24, 2.45) is 0 Å². The number of fused-ring (bicyclic) bond motifs is 1. The molecule has 0 bridgehead atoms. The molecule has 1 atom stereocenters. The van der Waals surface area contributed by atoms with Crippen molar-refractivity contribution in [3.8, 4) is 0 Å². The van der Waals surface area contributed by atoms with Crippen LogP contribution in [0.3, 0.4) is 0 Å². The largest absolute Gasteiger partial charge is 0.307 e. The van der Waals surface area contributed by atoms with E-state index in [1.807, 2.05) is 12.3 Å². The average Bonchev–Trinajstić information content (AvgIpc) is 2.53. The van der Waals surface area contributed by atoms with Crippen molar-refractivity contribution in [2.45, 2.75) is 13.0 Å². The molecule has 1 N–H and O–H groups in total. The van der Waals surface area contributed by atoms with Gasteiger partial charge in [0.25, 0.3) is 0 Å². The summed E-state index contributed by atoms with van der Waals surface area (Å²) in [5, 5.41) is 4.81. The van der Waals surface area contributed by atoms with Crippen LogP contribution in [-0.2, 0) is 0 Å². The Morgan fingerprint density at radius 1 is 1.05 bits per heavy atom. The zero-order chi connectivity index (χ0) is 14.7. The van der Waals surface area contributed by atoms with Crippen molar-refractivity contribution in [1.82, 2.24) is 10.3 Å². The first-order valence-corrected chi connectivity index (χ1v) is 8.20. The van der Waals surface area contributed by atoms with Gasteiger partial charge >= 0.3 is 0 Å². The van der Waals surface area contributed by atoms with Crippen LogP contribution >= 0.6 is 22.6 Å². The molecule has 3 rings (SSSR count). The summed E-state index contributed by atoms with van der Waals surface area (Å²) in [5.41, 5.74) is 3.61. The highest BCUT2D eigenvalue weighted by atomic mass is 127. The van der Waals surface area contributed by atoms with Gasteiger partial charge in [-0.05, 0) is 64.5 Å². The van der Waals surface area contributed by atoms with Crippen LogP contribution in [0.1, 0.15) is 24.1 Å². The molecule has 0 saturated heterocycles. The summed E-state index contributed by atoms with van der Waals surface area (Å²) in [6, 6.07) is 19.4. The quantitative estimate of drug-likeness (QED) is 0.664. The summed E-state index contributed by atoms with van der Waals surface area (Å²) < 4.78 is 1.26. The summed E-state index contributed by atoms with van der Waals surface area (Å²) in [6.45, 7) is 3.07. The molecule has 1 aromatic heterocycles. The Hall–Kier alpha value is -1.46. The molecule has 106 valence electrons. The lowest BCUT2D eigenvalue weighted by Crippen LogP contribution is -2.22. The number of hydrogen-bond donors (Lipinski definition) is 1. The molecule has 21 heavy (non-hydrogen) atoms. The molecular weight excluding hydrogens is 371 g/mol. The molecule has 3 heteroatoms. The number of halogens is 1. The number of nitrogens with one attached hydrogen (secondary N) is 1. The molecule has 1 heterocycles. The highest BCUT2D eigenvalue weighted by Gasteiger charge is 2.15. The maximum absolute atomic E-state index is 4.46. The summed E-state index contributed by atoms with van der Waals surface area (Å²) in [7, 11) is 0. The first-order valence-electron chi connectivity index (χ1n) is 7.12. The Morgan fingerprint density at radius 3 is 2.62 bits per heavy atom. The maximum atomic E-state index is 4.46. The van der Waals surface area contributed by atoms with Crippen molar-refractivity contribution >= 4 is 33.5 Å². The molecule has 2 nitrogen and oxygen atoms in total. The van der Waals surface area contributed by atoms with Gasteiger partial charge in [0, 0.05) is 15.2 Å². The van der Waals surface area contributed by atoms with Crippen molar-refractivity contribution in [2.75, 3.05) is 6.54 Å². The van der Waals surface area contributed by atoms with Crippen LogP contribution in [-0.4, -0.2) is 11.5 Å². The average molecular weight is 388 g/mol. The third kappa shape index (κ3) is 3.09. The zero-order valence-electron chi connectivity index (χ0n) is 11.9. The molecule has 0 fully saturated rings. The maximum Gasteiger partial charge on any atom is 0.0705 e. The fourth-order valence-electron chi connectivity index (χ4n) is 2.65. The van der Waals surface area contributed by atoms with Crippen molar-refractivity contribution in [1.29, 1.82) is 0 Å². The lowest BCUT2D eigenvalue weighted by Gasteiger charge is -2.20. The molecule has 0 aliphatic carbocycles. The van der Waals surface area contributed by atoms with Gasteiger partial charge < -0.3 is 5.32 Å². The van der Waals surface area contributed by atoms with Gasteiger partial charge in [-0.1, -0.05) is 37.3 Å². The number of benzene rings is 2. The number of hydrogen-bond acceptors (Lipinski definition) is 2. The second kappa shape index (κ2) is 6.54. The normalized spacial score (nSPS) is 12.5. The number of aromatic nitrogens is 1.